The molecule has 1 aliphatic rings. The minimum absolute atomic E-state index is 0.589. The van der Waals surface area contributed by atoms with Crippen molar-refractivity contribution in [2.75, 3.05) is 26.4 Å². The summed E-state index contributed by atoms with van der Waals surface area (Å²) in [6.45, 7) is 6.32. The lowest BCUT2D eigenvalue weighted by Gasteiger charge is -2.22. The third kappa shape index (κ3) is 4.68. The standard InChI is InChI=1S/C15H22ClNO2/c1-2-17-10-13-3-4-15(14(16)9-13)19-11-12-5-7-18-8-6-12/h3-4,9,12,17H,2,5-8,10-11H2,1H3. The number of halogens is 1. The number of rotatable bonds is 6. The Kier molecular flexibility index (Phi) is 5.95. The first-order valence-corrected chi connectivity index (χ1v) is 7.37. The zero-order valence-electron chi connectivity index (χ0n) is 11.5. The highest BCUT2D eigenvalue weighted by Crippen LogP contribution is 2.27. The fraction of sp³-hybridized carbons (Fsp3) is 0.600. The van der Waals surface area contributed by atoms with Gasteiger partial charge in [0.05, 0.1) is 11.6 Å². The molecular formula is C15H22ClNO2. The van der Waals surface area contributed by atoms with Gasteiger partial charge < -0.3 is 14.8 Å². The SMILES string of the molecule is CCNCc1ccc(OCC2CCOCC2)c(Cl)c1. The fourth-order valence-corrected chi connectivity index (χ4v) is 2.42. The molecule has 1 aromatic rings. The second-order valence-electron chi connectivity index (χ2n) is 4.91. The van der Waals surface area contributed by atoms with E-state index in [1.165, 1.54) is 5.56 Å². The average Bonchev–Trinajstić information content (AvgIpc) is 2.45. The molecule has 0 radical (unpaired) electrons. The van der Waals surface area contributed by atoms with Crippen LogP contribution in [-0.4, -0.2) is 26.4 Å². The normalized spacial score (nSPS) is 16.5. The van der Waals surface area contributed by atoms with Crippen LogP contribution in [0.3, 0.4) is 0 Å². The summed E-state index contributed by atoms with van der Waals surface area (Å²) in [6, 6.07) is 6.01. The molecule has 1 saturated heterocycles. The summed E-state index contributed by atoms with van der Waals surface area (Å²) < 4.78 is 11.2. The topological polar surface area (TPSA) is 30.5 Å². The van der Waals surface area contributed by atoms with Crippen molar-refractivity contribution in [2.24, 2.45) is 5.92 Å². The van der Waals surface area contributed by atoms with Crippen molar-refractivity contribution in [3.05, 3.63) is 28.8 Å². The number of hydrogen-bond donors (Lipinski definition) is 1. The van der Waals surface area contributed by atoms with E-state index >= 15 is 0 Å². The third-order valence-electron chi connectivity index (χ3n) is 3.39. The van der Waals surface area contributed by atoms with Crippen molar-refractivity contribution in [1.82, 2.24) is 5.32 Å². The van der Waals surface area contributed by atoms with Crippen LogP contribution in [0.4, 0.5) is 0 Å². The van der Waals surface area contributed by atoms with Gasteiger partial charge in [0.25, 0.3) is 0 Å². The zero-order chi connectivity index (χ0) is 13.5. The molecule has 1 aromatic carbocycles. The highest BCUT2D eigenvalue weighted by atomic mass is 35.5. The van der Waals surface area contributed by atoms with Crippen molar-refractivity contribution < 1.29 is 9.47 Å². The first kappa shape index (κ1) is 14.6. The van der Waals surface area contributed by atoms with Crippen LogP contribution in [0, 0.1) is 5.92 Å². The summed E-state index contributed by atoms with van der Waals surface area (Å²) in [7, 11) is 0. The Balaban J connectivity index is 1.85. The van der Waals surface area contributed by atoms with Crippen LogP contribution in [0.1, 0.15) is 25.3 Å². The Bertz CT molecular complexity index is 392. The molecule has 0 amide bonds. The average molecular weight is 284 g/mol. The monoisotopic (exact) mass is 283 g/mol. The Morgan fingerprint density at radius 2 is 2.16 bits per heavy atom. The van der Waals surface area contributed by atoms with E-state index in [2.05, 4.69) is 18.3 Å². The number of hydrogen-bond acceptors (Lipinski definition) is 3. The second kappa shape index (κ2) is 7.73. The maximum atomic E-state index is 6.25. The van der Waals surface area contributed by atoms with E-state index in [0.717, 1.165) is 51.5 Å². The molecule has 0 aromatic heterocycles. The third-order valence-corrected chi connectivity index (χ3v) is 3.69. The summed E-state index contributed by atoms with van der Waals surface area (Å²) in [6.07, 6.45) is 2.16. The summed E-state index contributed by atoms with van der Waals surface area (Å²) in [5.41, 5.74) is 1.19. The van der Waals surface area contributed by atoms with Crippen LogP contribution in [-0.2, 0) is 11.3 Å². The number of nitrogens with one attached hydrogen (secondary N) is 1. The van der Waals surface area contributed by atoms with Crippen LogP contribution in [0.2, 0.25) is 5.02 Å². The van der Waals surface area contributed by atoms with Crippen molar-refractivity contribution in [3.8, 4) is 5.75 Å². The first-order valence-electron chi connectivity index (χ1n) is 6.99. The molecule has 2 rings (SSSR count). The predicted octanol–water partition coefficient (Wildman–Crippen LogP) is 3.25. The largest absolute Gasteiger partial charge is 0.492 e. The highest BCUT2D eigenvalue weighted by Gasteiger charge is 2.15. The second-order valence-corrected chi connectivity index (χ2v) is 5.32. The lowest BCUT2D eigenvalue weighted by molar-refractivity contribution is 0.0498. The highest BCUT2D eigenvalue weighted by molar-refractivity contribution is 6.32. The van der Waals surface area contributed by atoms with Gasteiger partial charge in [0.1, 0.15) is 5.75 Å². The number of benzene rings is 1. The van der Waals surface area contributed by atoms with Gasteiger partial charge in [-0.05, 0) is 43.0 Å². The van der Waals surface area contributed by atoms with Gasteiger partial charge in [-0.3, -0.25) is 0 Å². The predicted molar refractivity (Wildman–Crippen MR) is 77.9 cm³/mol. The molecule has 0 bridgehead atoms. The minimum atomic E-state index is 0.589. The van der Waals surface area contributed by atoms with Crippen molar-refractivity contribution >= 4 is 11.6 Å². The zero-order valence-corrected chi connectivity index (χ0v) is 12.2. The molecule has 0 saturated carbocycles. The van der Waals surface area contributed by atoms with E-state index < -0.39 is 0 Å². The molecule has 19 heavy (non-hydrogen) atoms. The molecule has 0 unspecified atom stereocenters. The quantitative estimate of drug-likeness (QED) is 0.869. The van der Waals surface area contributed by atoms with Crippen molar-refractivity contribution in [2.45, 2.75) is 26.3 Å². The van der Waals surface area contributed by atoms with Gasteiger partial charge in [-0.1, -0.05) is 24.6 Å². The van der Waals surface area contributed by atoms with Crippen LogP contribution in [0.25, 0.3) is 0 Å². The molecule has 0 aliphatic carbocycles. The molecular weight excluding hydrogens is 262 g/mol. The summed E-state index contributed by atoms with van der Waals surface area (Å²) in [5.74, 6) is 1.37. The van der Waals surface area contributed by atoms with E-state index in [0.29, 0.717) is 10.9 Å². The van der Waals surface area contributed by atoms with Crippen LogP contribution < -0.4 is 10.1 Å². The molecule has 0 spiro atoms. The summed E-state index contributed by atoms with van der Waals surface area (Å²) in [5, 5.41) is 3.98. The Morgan fingerprint density at radius 3 is 2.84 bits per heavy atom. The smallest absolute Gasteiger partial charge is 0.137 e. The van der Waals surface area contributed by atoms with Gasteiger partial charge in [-0.25, -0.2) is 0 Å². The fourth-order valence-electron chi connectivity index (χ4n) is 2.16. The van der Waals surface area contributed by atoms with E-state index in [-0.39, 0.29) is 0 Å². The molecule has 4 heteroatoms. The van der Waals surface area contributed by atoms with Crippen LogP contribution in [0.5, 0.6) is 5.75 Å². The Hall–Kier alpha value is -0.770. The molecule has 3 nitrogen and oxygen atoms in total. The van der Waals surface area contributed by atoms with E-state index in [9.17, 15) is 0 Å². The van der Waals surface area contributed by atoms with Gasteiger partial charge in [0, 0.05) is 19.8 Å². The van der Waals surface area contributed by atoms with Gasteiger partial charge in [-0.2, -0.15) is 0 Å². The van der Waals surface area contributed by atoms with E-state index in [1.54, 1.807) is 0 Å². The minimum Gasteiger partial charge on any atom is -0.492 e. The van der Waals surface area contributed by atoms with Crippen LogP contribution >= 0.6 is 11.6 Å². The lowest BCUT2D eigenvalue weighted by Crippen LogP contribution is -2.21. The number of ether oxygens (including phenoxy) is 2. The molecule has 0 atom stereocenters. The van der Waals surface area contributed by atoms with Crippen molar-refractivity contribution in [1.29, 1.82) is 0 Å². The Morgan fingerprint density at radius 1 is 1.37 bits per heavy atom. The molecule has 1 aliphatic heterocycles. The van der Waals surface area contributed by atoms with Crippen LogP contribution in [0.15, 0.2) is 18.2 Å². The molecule has 1 N–H and O–H groups in total. The van der Waals surface area contributed by atoms with Gasteiger partial charge in [-0.15, -0.1) is 0 Å². The first-order chi connectivity index (χ1) is 9.29. The van der Waals surface area contributed by atoms with Gasteiger partial charge in [0.2, 0.25) is 0 Å². The molecule has 1 fully saturated rings. The summed E-state index contributed by atoms with van der Waals surface area (Å²) >= 11 is 6.25. The molecule has 1 heterocycles. The molecule has 106 valence electrons. The Labute approximate surface area is 120 Å². The lowest BCUT2D eigenvalue weighted by atomic mass is 10.0. The van der Waals surface area contributed by atoms with E-state index in [4.69, 9.17) is 21.1 Å². The van der Waals surface area contributed by atoms with Gasteiger partial charge in [0.15, 0.2) is 0 Å². The maximum absolute atomic E-state index is 6.25. The van der Waals surface area contributed by atoms with E-state index in [1.807, 2.05) is 12.1 Å². The van der Waals surface area contributed by atoms with Gasteiger partial charge >= 0.3 is 0 Å². The summed E-state index contributed by atoms with van der Waals surface area (Å²) in [4.78, 5) is 0. The maximum Gasteiger partial charge on any atom is 0.137 e. The van der Waals surface area contributed by atoms with Crippen molar-refractivity contribution in [3.63, 3.8) is 0 Å².